The van der Waals surface area contributed by atoms with Crippen molar-refractivity contribution in [2.24, 2.45) is 0 Å². The van der Waals surface area contributed by atoms with E-state index in [1.807, 2.05) is 24.1 Å². The first-order valence-electron chi connectivity index (χ1n) is 7.86. The molecule has 1 aliphatic rings. The summed E-state index contributed by atoms with van der Waals surface area (Å²) in [7, 11) is 0. The molecule has 0 atom stereocenters. The molecule has 0 saturated heterocycles. The largest absolute Gasteiger partial charge is 0.359 e. The Labute approximate surface area is 143 Å². The molecule has 0 unspecified atom stereocenters. The van der Waals surface area contributed by atoms with Gasteiger partial charge in [-0.05, 0) is 19.1 Å². The smallest absolute Gasteiger partial charge is 0.176 e. The fourth-order valence-electron chi connectivity index (χ4n) is 3.07. The Morgan fingerprint density at radius 3 is 2.88 bits per heavy atom. The summed E-state index contributed by atoms with van der Waals surface area (Å²) in [6, 6.07) is 4.04. The van der Waals surface area contributed by atoms with Crippen molar-refractivity contribution < 1.29 is 13.3 Å². The van der Waals surface area contributed by atoms with E-state index in [1.54, 1.807) is 6.20 Å². The van der Waals surface area contributed by atoms with Gasteiger partial charge >= 0.3 is 0 Å². The van der Waals surface area contributed by atoms with Crippen LogP contribution in [0.25, 0.3) is 34.2 Å². The molecule has 4 nitrogen and oxygen atoms in total. The van der Waals surface area contributed by atoms with Gasteiger partial charge in [0, 0.05) is 35.6 Å². The lowest BCUT2D eigenvalue weighted by Crippen LogP contribution is -2.17. The zero-order valence-electron chi connectivity index (χ0n) is 13.5. The Morgan fingerprint density at radius 1 is 1.24 bits per heavy atom. The topological polar surface area (TPSA) is 45.1 Å². The third-order valence-electron chi connectivity index (χ3n) is 4.37. The van der Waals surface area contributed by atoms with Crippen LogP contribution < -0.4 is 0 Å². The van der Waals surface area contributed by atoms with Gasteiger partial charge < -0.3 is 14.4 Å². The summed E-state index contributed by atoms with van der Waals surface area (Å²) in [6.07, 6.45) is 7.03. The number of H-pyrrole nitrogens is 1. The molecule has 6 heteroatoms. The monoisotopic (exact) mass is 339 g/mol. The first kappa shape index (κ1) is 15.4. The molecule has 3 aromatic rings. The number of nitrogens with one attached hydrogen (secondary N) is 1. The van der Waals surface area contributed by atoms with Gasteiger partial charge in [0.25, 0.3) is 0 Å². The minimum atomic E-state index is -0.923. The summed E-state index contributed by atoms with van der Waals surface area (Å²) in [5.41, 5.74) is 3.81. The van der Waals surface area contributed by atoms with Crippen molar-refractivity contribution in [3.8, 4) is 22.5 Å². The van der Waals surface area contributed by atoms with Gasteiger partial charge in [-0.2, -0.15) is 0 Å². The molecule has 0 amide bonds. The number of rotatable bonds is 3. The number of fused-ring (bicyclic) bond motifs is 1. The van der Waals surface area contributed by atoms with Crippen molar-refractivity contribution in [1.82, 2.24) is 15.0 Å². The van der Waals surface area contributed by atoms with Gasteiger partial charge in [-0.25, -0.2) is 8.78 Å². The Morgan fingerprint density at radius 2 is 2.08 bits per heavy atom. The second-order valence-corrected chi connectivity index (χ2v) is 5.71. The van der Waals surface area contributed by atoms with E-state index in [0.717, 1.165) is 35.1 Å². The summed E-state index contributed by atoms with van der Waals surface area (Å²) in [5, 5.41) is 3.79. The summed E-state index contributed by atoms with van der Waals surface area (Å²) in [6.45, 7) is 6.93. The standard InChI is InChI=1S/C19H15F2N3O/c1-3-24-8-7-13-14(9-22-18(13)11(24)2)19-15(10-23-25-19)12-5-4-6-16(20)17(12)21/h4-10,22H,2-3H2,1H3. The second-order valence-electron chi connectivity index (χ2n) is 5.71. The van der Waals surface area contributed by atoms with Crippen LogP contribution in [0.2, 0.25) is 0 Å². The van der Waals surface area contributed by atoms with Crippen molar-refractivity contribution in [2.45, 2.75) is 6.92 Å². The van der Waals surface area contributed by atoms with E-state index < -0.39 is 11.6 Å². The molecule has 1 aliphatic heterocycles. The normalized spacial score (nSPS) is 13.4. The van der Waals surface area contributed by atoms with Crippen LogP contribution in [0, 0.1) is 11.6 Å². The lowest BCUT2D eigenvalue weighted by molar-refractivity contribution is 0.432. The van der Waals surface area contributed by atoms with E-state index in [2.05, 4.69) is 16.7 Å². The molecule has 1 N–H and O–H groups in total. The summed E-state index contributed by atoms with van der Waals surface area (Å²) < 4.78 is 33.2. The summed E-state index contributed by atoms with van der Waals surface area (Å²) in [4.78, 5) is 5.20. The zero-order chi connectivity index (χ0) is 17.6. The van der Waals surface area contributed by atoms with Gasteiger partial charge in [-0.1, -0.05) is 23.9 Å². The van der Waals surface area contributed by atoms with Gasteiger partial charge in [0.05, 0.1) is 23.2 Å². The average Bonchev–Trinajstić information content (AvgIpc) is 3.24. The van der Waals surface area contributed by atoms with Crippen molar-refractivity contribution in [2.75, 3.05) is 6.54 Å². The molecule has 3 heterocycles. The van der Waals surface area contributed by atoms with Crippen LogP contribution in [0.1, 0.15) is 18.2 Å². The minimum absolute atomic E-state index is 0.111. The molecule has 0 radical (unpaired) electrons. The van der Waals surface area contributed by atoms with Gasteiger partial charge in [-0.15, -0.1) is 0 Å². The van der Waals surface area contributed by atoms with Crippen LogP contribution in [-0.2, 0) is 0 Å². The van der Waals surface area contributed by atoms with Crippen LogP contribution in [0.3, 0.4) is 0 Å². The number of hydrogen-bond donors (Lipinski definition) is 1. The van der Waals surface area contributed by atoms with Gasteiger partial charge in [0.15, 0.2) is 17.4 Å². The molecular formula is C19H15F2N3O. The molecule has 0 bridgehead atoms. The van der Waals surface area contributed by atoms with Gasteiger partial charge in [0.2, 0.25) is 0 Å². The van der Waals surface area contributed by atoms with Crippen LogP contribution in [0.4, 0.5) is 8.78 Å². The molecule has 4 rings (SSSR count). The lowest BCUT2D eigenvalue weighted by atomic mass is 9.99. The Hall–Kier alpha value is -3.15. The SMILES string of the molecule is C=C1c2[nH]cc(-c3oncc3-c3cccc(F)c3F)c2C=CN1CC. The minimum Gasteiger partial charge on any atom is -0.359 e. The molecule has 2 aromatic heterocycles. The number of benzene rings is 1. The van der Waals surface area contributed by atoms with Gasteiger partial charge in [0.1, 0.15) is 0 Å². The number of aromatic amines is 1. The third kappa shape index (κ3) is 2.29. The maximum atomic E-state index is 14.2. The Bertz CT molecular complexity index is 1000. The first-order chi connectivity index (χ1) is 12.1. The molecule has 0 spiro atoms. The van der Waals surface area contributed by atoms with Crippen molar-refractivity contribution in [3.63, 3.8) is 0 Å². The summed E-state index contributed by atoms with van der Waals surface area (Å²) in [5.74, 6) is -1.45. The molecule has 0 aliphatic carbocycles. The van der Waals surface area contributed by atoms with E-state index in [0.29, 0.717) is 11.3 Å². The molecule has 0 saturated carbocycles. The second kappa shape index (κ2) is 5.73. The third-order valence-corrected chi connectivity index (χ3v) is 4.37. The fraction of sp³-hybridized carbons (Fsp3) is 0.105. The highest BCUT2D eigenvalue weighted by molar-refractivity contribution is 5.89. The lowest BCUT2D eigenvalue weighted by Gasteiger charge is -2.24. The van der Waals surface area contributed by atoms with Crippen LogP contribution in [0.5, 0.6) is 0 Å². The van der Waals surface area contributed by atoms with Crippen LogP contribution in [-0.4, -0.2) is 21.6 Å². The number of nitrogens with zero attached hydrogens (tertiary/aromatic N) is 2. The molecule has 25 heavy (non-hydrogen) atoms. The van der Waals surface area contributed by atoms with E-state index in [1.165, 1.54) is 18.3 Å². The number of halogens is 2. The fourth-order valence-corrected chi connectivity index (χ4v) is 3.07. The highest BCUT2D eigenvalue weighted by Gasteiger charge is 2.25. The molecule has 1 aromatic carbocycles. The molecular weight excluding hydrogens is 324 g/mol. The van der Waals surface area contributed by atoms with E-state index in [-0.39, 0.29) is 5.56 Å². The molecule has 0 fully saturated rings. The van der Waals surface area contributed by atoms with E-state index in [4.69, 9.17) is 4.52 Å². The summed E-state index contributed by atoms with van der Waals surface area (Å²) >= 11 is 0. The van der Waals surface area contributed by atoms with Crippen LogP contribution >= 0.6 is 0 Å². The average molecular weight is 339 g/mol. The predicted molar refractivity (Wildman–Crippen MR) is 92.1 cm³/mol. The van der Waals surface area contributed by atoms with E-state index in [9.17, 15) is 8.78 Å². The van der Waals surface area contributed by atoms with Gasteiger partial charge in [-0.3, -0.25) is 0 Å². The maximum absolute atomic E-state index is 14.2. The van der Waals surface area contributed by atoms with Crippen molar-refractivity contribution in [1.29, 1.82) is 0 Å². The van der Waals surface area contributed by atoms with Crippen molar-refractivity contribution in [3.05, 3.63) is 66.3 Å². The maximum Gasteiger partial charge on any atom is 0.176 e. The van der Waals surface area contributed by atoms with Crippen molar-refractivity contribution >= 4 is 11.8 Å². The number of aromatic nitrogens is 2. The Balaban J connectivity index is 1.86. The predicted octanol–water partition coefficient (Wildman–Crippen LogP) is 4.89. The Kier molecular flexibility index (Phi) is 3.53. The zero-order valence-corrected chi connectivity index (χ0v) is 13.5. The molecule has 126 valence electrons. The van der Waals surface area contributed by atoms with E-state index >= 15 is 0 Å². The first-order valence-corrected chi connectivity index (χ1v) is 7.86. The highest BCUT2D eigenvalue weighted by Crippen LogP contribution is 2.40. The quantitative estimate of drug-likeness (QED) is 0.739. The number of hydrogen-bond acceptors (Lipinski definition) is 3. The van der Waals surface area contributed by atoms with Crippen LogP contribution in [0.15, 0.2) is 47.9 Å². The highest BCUT2D eigenvalue weighted by atomic mass is 19.2.